The monoisotopic (exact) mass is 252 g/mol. The molecule has 0 spiro atoms. The lowest BCUT2D eigenvalue weighted by Crippen LogP contribution is -2.20. The molecule has 1 N–H and O–H groups in total. The zero-order valence-electron chi connectivity index (χ0n) is 9.16. The summed E-state index contributed by atoms with van der Waals surface area (Å²) in [5.74, 6) is 0. The zero-order valence-corrected chi connectivity index (χ0v) is 10.8. The van der Waals surface area contributed by atoms with Gasteiger partial charge in [-0.1, -0.05) is 0 Å². The molecule has 0 bridgehead atoms. The van der Waals surface area contributed by atoms with Gasteiger partial charge in [-0.15, -0.1) is 11.3 Å². The van der Waals surface area contributed by atoms with Crippen molar-refractivity contribution in [3.05, 3.63) is 25.6 Å². The molecule has 2 aromatic rings. The fraction of sp³-hybridized carbons (Fsp3) is 0.455. The van der Waals surface area contributed by atoms with Crippen molar-refractivity contribution < 1.29 is 0 Å². The highest BCUT2D eigenvalue weighted by molar-refractivity contribution is 7.71. The van der Waals surface area contributed by atoms with E-state index in [2.05, 4.69) is 4.98 Å². The summed E-state index contributed by atoms with van der Waals surface area (Å²) in [7, 11) is 0. The Kier molecular flexibility index (Phi) is 2.09. The van der Waals surface area contributed by atoms with Gasteiger partial charge in [-0.3, -0.25) is 9.36 Å². The Bertz CT molecular complexity index is 688. The van der Waals surface area contributed by atoms with Crippen LogP contribution in [0.15, 0.2) is 4.79 Å². The van der Waals surface area contributed by atoms with E-state index in [1.165, 1.54) is 4.88 Å². The largest absolute Gasteiger partial charge is 0.323 e. The summed E-state index contributed by atoms with van der Waals surface area (Å²) < 4.78 is 2.32. The lowest BCUT2D eigenvalue weighted by molar-refractivity contribution is 0.686. The Hall–Kier alpha value is -0.940. The normalized spacial score (nSPS) is 15.9. The maximum atomic E-state index is 12.3. The second-order valence-corrected chi connectivity index (χ2v) is 5.94. The molecular formula is C11H12N2OS2. The Balaban J connectivity index is 2.50. The minimum absolute atomic E-state index is 0.0862. The molecule has 0 radical (unpaired) electrons. The molecule has 0 aliphatic heterocycles. The number of hydrogen-bond acceptors (Lipinski definition) is 3. The van der Waals surface area contributed by atoms with E-state index < -0.39 is 0 Å². The van der Waals surface area contributed by atoms with Crippen LogP contribution in [0.3, 0.4) is 0 Å². The van der Waals surface area contributed by atoms with Gasteiger partial charge in [0.1, 0.15) is 4.83 Å². The van der Waals surface area contributed by atoms with E-state index in [1.54, 1.807) is 15.9 Å². The number of rotatable bonds is 1. The second-order valence-electron chi connectivity index (χ2n) is 4.32. The van der Waals surface area contributed by atoms with Crippen LogP contribution in [0.25, 0.3) is 10.2 Å². The standard InChI is InChI=1S/C11H12N2OS2/c1-5-6(2)16-9-8(5)10(14)13(7-3-4-7)11(15)12-9/h7H,3-4H2,1-2H3,(H,12,15). The van der Waals surface area contributed by atoms with Gasteiger partial charge in [-0.2, -0.15) is 0 Å². The van der Waals surface area contributed by atoms with Crippen molar-refractivity contribution in [2.75, 3.05) is 0 Å². The van der Waals surface area contributed by atoms with E-state index >= 15 is 0 Å². The molecule has 3 rings (SSSR count). The van der Waals surface area contributed by atoms with Crippen LogP contribution >= 0.6 is 23.6 Å². The molecule has 3 nitrogen and oxygen atoms in total. The molecule has 2 heterocycles. The lowest BCUT2D eigenvalue weighted by Gasteiger charge is -2.03. The average Bonchev–Trinajstić information content (AvgIpc) is 2.96. The fourth-order valence-corrected chi connectivity index (χ4v) is 3.46. The van der Waals surface area contributed by atoms with Crippen molar-refractivity contribution in [1.82, 2.24) is 9.55 Å². The molecule has 1 aliphatic rings. The van der Waals surface area contributed by atoms with E-state index in [-0.39, 0.29) is 5.56 Å². The highest BCUT2D eigenvalue weighted by Gasteiger charge is 2.27. The third-order valence-corrected chi connectivity index (χ3v) is 4.59. The molecule has 0 saturated heterocycles. The Morgan fingerprint density at radius 3 is 2.75 bits per heavy atom. The fourth-order valence-electron chi connectivity index (χ4n) is 2.01. The molecule has 2 aromatic heterocycles. The van der Waals surface area contributed by atoms with Gasteiger partial charge >= 0.3 is 0 Å². The van der Waals surface area contributed by atoms with Crippen LogP contribution in [0, 0.1) is 18.6 Å². The summed E-state index contributed by atoms with van der Waals surface area (Å²) in [5.41, 5.74) is 1.17. The Morgan fingerprint density at radius 2 is 2.12 bits per heavy atom. The SMILES string of the molecule is Cc1sc2[nH]c(=S)n(C3CC3)c(=O)c2c1C. The highest BCUT2D eigenvalue weighted by atomic mass is 32.1. The van der Waals surface area contributed by atoms with Crippen LogP contribution in [0.2, 0.25) is 0 Å². The molecule has 0 amide bonds. The maximum Gasteiger partial charge on any atom is 0.263 e. The van der Waals surface area contributed by atoms with Crippen LogP contribution in [-0.2, 0) is 0 Å². The van der Waals surface area contributed by atoms with Gasteiger partial charge in [0, 0.05) is 10.9 Å². The molecule has 5 heteroatoms. The smallest absolute Gasteiger partial charge is 0.263 e. The highest BCUT2D eigenvalue weighted by Crippen LogP contribution is 2.35. The quantitative estimate of drug-likeness (QED) is 0.792. The summed E-state index contributed by atoms with van der Waals surface area (Å²) >= 11 is 6.86. The van der Waals surface area contributed by atoms with Gasteiger partial charge in [-0.25, -0.2) is 0 Å². The minimum Gasteiger partial charge on any atom is -0.323 e. The van der Waals surface area contributed by atoms with Crippen molar-refractivity contribution >= 4 is 33.8 Å². The van der Waals surface area contributed by atoms with Crippen LogP contribution in [0.4, 0.5) is 0 Å². The predicted octanol–water partition coefficient (Wildman–Crippen LogP) is 3.07. The van der Waals surface area contributed by atoms with E-state index in [4.69, 9.17) is 12.2 Å². The van der Waals surface area contributed by atoms with Gasteiger partial charge in [0.15, 0.2) is 4.77 Å². The molecule has 16 heavy (non-hydrogen) atoms. The van der Waals surface area contributed by atoms with E-state index in [9.17, 15) is 4.79 Å². The van der Waals surface area contributed by atoms with Gasteiger partial charge < -0.3 is 4.98 Å². The summed E-state index contributed by atoms with van der Waals surface area (Å²) in [5, 5.41) is 0.822. The average molecular weight is 252 g/mol. The number of thiophene rings is 1. The van der Waals surface area contributed by atoms with Crippen molar-refractivity contribution in [3.63, 3.8) is 0 Å². The maximum absolute atomic E-state index is 12.3. The number of hydrogen-bond donors (Lipinski definition) is 1. The van der Waals surface area contributed by atoms with Crippen LogP contribution in [0.1, 0.15) is 29.3 Å². The zero-order chi connectivity index (χ0) is 11.4. The Morgan fingerprint density at radius 1 is 1.44 bits per heavy atom. The topological polar surface area (TPSA) is 37.8 Å². The molecule has 0 atom stereocenters. The number of nitrogens with one attached hydrogen (secondary N) is 1. The first-order valence-electron chi connectivity index (χ1n) is 5.34. The van der Waals surface area contributed by atoms with Gasteiger partial charge in [0.05, 0.1) is 5.39 Å². The van der Waals surface area contributed by atoms with Crippen LogP contribution in [-0.4, -0.2) is 9.55 Å². The first-order chi connectivity index (χ1) is 7.59. The van der Waals surface area contributed by atoms with Crippen molar-refractivity contribution in [2.45, 2.75) is 32.7 Å². The molecule has 1 saturated carbocycles. The van der Waals surface area contributed by atoms with Crippen molar-refractivity contribution in [2.24, 2.45) is 0 Å². The van der Waals surface area contributed by atoms with Gasteiger partial charge in [0.25, 0.3) is 5.56 Å². The lowest BCUT2D eigenvalue weighted by atomic mass is 10.2. The van der Waals surface area contributed by atoms with Crippen molar-refractivity contribution in [1.29, 1.82) is 0 Å². The number of aryl methyl sites for hydroxylation is 2. The summed E-state index contributed by atoms with van der Waals surface area (Å²) in [6.45, 7) is 4.04. The Labute approximate surface area is 102 Å². The number of fused-ring (bicyclic) bond motifs is 1. The van der Waals surface area contributed by atoms with Crippen molar-refractivity contribution in [3.8, 4) is 0 Å². The third-order valence-electron chi connectivity index (χ3n) is 3.17. The van der Waals surface area contributed by atoms with E-state index in [0.717, 1.165) is 28.6 Å². The molecule has 0 aromatic carbocycles. The third kappa shape index (κ3) is 1.31. The van der Waals surface area contributed by atoms with Gasteiger partial charge in [-0.05, 0) is 44.5 Å². The molecular weight excluding hydrogens is 240 g/mol. The van der Waals surface area contributed by atoms with E-state index in [0.29, 0.717) is 10.8 Å². The molecule has 0 unspecified atom stereocenters. The number of nitrogens with zero attached hydrogens (tertiary/aromatic N) is 1. The molecule has 1 aliphatic carbocycles. The summed E-state index contributed by atoms with van der Waals surface area (Å²) in [6.07, 6.45) is 2.15. The first-order valence-corrected chi connectivity index (χ1v) is 6.56. The van der Waals surface area contributed by atoms with Crippen LogP contribution in [0.5, 0.6) is 0 Å². The number of aromatic amines is 1. The number of H-pyrrole nitrogens is 1. The molecule has 84 valence electrons. The molecule has 1 fully saturated rings. The summed E-state index contributed by atoms with van der Waals surface area (Å²) in [4.78, 5) is 17.6. The van der Waals surface area contributed by atoms with Gasteiger partial charge in [0.2, 0.25) is 0 Å². The van der Waals surface area contributed by atoms with E-state index in [1.807, 2.05) is 13.8 Å². The summed E-state index contributed by atoms with van der Waals surface area (Å²) in [6, 6.07) is 0.334. The first kappa shape index (κ1) is 10.2. The number of aromatic nitrogens is 2. The predicted molar refractivity (Wildman–Crippen MR) is 69.0 cm³/mol. The minimum atomic E-state index is 0.0862. The second kappa shape index (κ2) is 3.28. The van der Waals surface area contributed by atoms with Crippen LogP contribution < -0.4 is 5.56 Å².